The third kappa shape index (κ3) is 7.13. The number of amides is 2. The number of fused-ring (bicyclic) bond motifs is 5. The Bertz CT molecular complexity index is 1250. The monoisotopic (exact) mass is 521 g/mol. The van der Waals surface area contributed by atoms with Crippen LogP contribution in [0.3, 0.4) is 0 Å². The number of rotatable bonds is 9. The molecule has 3 N–H and O–H groups in total. The molecule has 3 aromatic rings. The van der Waals surface area contributed by atoms with Crippen LogP contribution in [0, 0.1) is 5.92 Å². The van der Waals surface area contributed by atoms with Gasteiger partial charge >= 0.3 is 5.97 Å². The molecule has 2 bridgehead atoms. The summed E-state index contributed by atoms with van der Waals surface area (Å²) in [5.41, 5.74) is 3.06. The zero-order chi connectivity index (χ0) is 26.9. The molecule has 4 rings (SSSR count). The highest BCUT2D eigenvalue weighted by Crippen LogP contribution is 2.24. The second-order valence-corrected chi connectivity index (χ2v) is 9.57. The van der Waals surface area contributed by atoms with E-state index in [0.717, 1.165) is 27.8 Å². The second-order valence-electron chi connectivity index (χ2n) is 9.57. The number of methoxy groups -OCH3 is 1. The SMILES string of the molecule is COc1ccc(CCC[C@H](CC(=O)O)C(=O)N[C@H]2Cc3cn(c4ccccc34)CCOCCNC2=O)cc1. The number of carboxylic acids is 1. The van der Waals surface area contributed by atoms with Crippen LogP contribution in [0.5, 0.6) is 5.75 Å². The van der Waals surface area contributed by atoms with Gasteiger partial charge in [-0.3, -0.25) is 14.4 Å². The van der Waals surface area contributed by atoms with Crippen LogP contribution < -0.4 is 15.4 Å². The van der Waals surface area contributed by atoms with E-state index < -0.39 is 23.8 Å². The lowest BCUT2D eigenvalue weighted by atomic mass is 9.94. The number of hydrogen-bond acceptors (Lipinski definition) is 5. The number of ether oxygens (including phenoxy) is 2. The average Bonchev–Trinajstić information content (AvgIpc) is 3.26. The van der Waals surface area contributed by atoms with Gasteiger partial charge in [0.15, 0.2) is 0 Å². The van der Waals surface area contributed by atoms with Crippen molar-refractivity contribution in [3.63, 3.8) is 0 Å². The van der Waals surface area contributed by atoms with Gasteiger partial charge in [-0.2, -0.15) is 0 Å². The summed E-state index contributed by atoms with van der Waals surface area (Å²) in [6.07, 6.45) is 3.75. The first-order valence-electron chi connectivity index (χ1n) is 13.0. The van der Waals surface area contributed by atoms with Crippen LogP contribution in [0.1, 0.15) is 30.4 Å². The van der Waals surface area contributed by atoms with Crippen molar-refractivity contribution in [2.24, 2.45) is 5.92 Å². The maximum absolute atomic E-state index is 13.3. The topological polar surface area (TPSA) is 119 Å². The number of carboxylic acid groups (broad SMARTS) is 1. The highest BCUT2D eigenvalue weighted by molar-refractivity contribution is 5.91. The second kappa shape index (κ2) is 13.1. The van der Waals surface area contributed by atoms with Gasteiger partial charge in [-0.1, -0.05) is 30.3 Å². The van der Waals surface area contributed by atoms with Gasteiger partial charge in [-0.15, -0.1) is 0 Å². The average molecular weight is 522 g/mol. The van der Waals surface area contributed by atoms with Crippen molar-refractivity contribution < 1.29 is 29.0 Å². The van der Waals surface area contributed by atoms with Gasteiger partial charge in [0.1, 0.15) is 11.8 Å². The third-order valence-corrected chi connectivity index (χ3v) is 6.92. The maximum Gasteiger partial charge on any atom is 0.304 e. The molecule has 0 spiro atoms. The molecule has 0 unspecified atom stereocenters. The van der Waals surface area contributed by atoms with Gasteiger partial charge in [0.05, 0.1) is 26.7 Å². The first-order chi connectivity index (χ1) is 18.4. The Labute approximate surface area is 222 Å². The molecule has 202 valence electrons. The highest BCUT2D eigenvalue weighted by Gasteiger charge is 2.28. The minimum Gasteiger partial charge on any atom is -0.497 e. The van der Waals surface area contributed by atoms with Crippen LogP contribution in [-0.2, 0) is 38.5 Å². The summed E-state index contributed by atoms with van der Waals surface area (Å²) >= 11 is 0. The number of hydrogen-bond donors (Lipinski definition) is 3. The third-order valence-electron chi connectivity index (χ3n) is 6.92. The van der Waals surface area contributed by atoms with E-state index in [4.69, 9.17) is 9.47 Å². The fraction of sp³-hybridized carbons (Fsp3) is 0.414. The number of carbonyl (C=O) groups excluding carboxylic acids is 2. The lowest BCUT2D eigenvalue weighted by molar-refractivity contribution is -0.141. The first-order valence-corrected chi connectivity index (χ1v) is 13.0. The molecule has 2 aromatic carbocycles. The standard InChI is InChI=1S/C29H35N3O6/c1-37-23-11-9-20(10-12-23)5-4-6-21(18-27(33)34)28(35)31-25-17-22-19-32(26-8-3-2-7-24(22)26)14-16-38-15-13-30-29(25)36/h2-3,7-12,19,21,25H,4-6,13-18H2,1H3,(H,30,36)(H,31,35)(H,33,34)/t21-,25+/m1/s1. The zero-order valence-corrected chi connectivity index (χ0v) is 21.7. The number of para-hydroxylation sites is 1. The number of nitrogens with zero attached hydrogens (tertiary/aromatic N) is 1. The molecule has 2 heterocycles. The molecule has 0 radical (unpaired) electrons. The molecule has 0 saturated heterocycles. The molecular weight excluding hydrogens is 486 g/mol. The Morgan fingerprint density at radius 2 is 1.97 bits per heavy atom. The van der Waals surface area contributed by atoms with E-state index in [9.17, 15) is 19.5 Å². The highest BCUT2D eigenvalue weighted by atomic mass is 16.5. The van der Waals surface area contributed by atoms with Gasteiger partial charge in [0.2, 0.25) is 11.8 Å². The molecule has 0 aliphatic carbocycles. The number of carbonyl (C=O) groups is 3. The summed E-state index contributed by atoms with van der Waals surface area (Å²) in [7, 11) is 1.61. The molecule has 2 atom stereocenters. The molecule has 1 aliphatic rings. The van der Waals surface area contributed by atoms with E-state index in [-0.39, 0.29) is 12.3 Å². The van der Waals surface area contributed by atoms with E-state index in [0.29, 0.717) is 52.0 Å². The van der Waals surface area contributed by atoms with E-state index in [1.807, 2.05) is 54.7 Å². The summed E-state index contributed by atoms with van der Waals surface area (Å²) < 4.78 is 13.0. The zero-order valence-electron chi connectivity index (χ0n) is 21.7. The number of benzene rings is 2. The number of nitrogens with one attached hydrogen (secondary N) is 2. The molecule has 38 heavy (non-hydrogen) atoms. The Morgan fingerprint density at radius 1 is 1.18 bits per heavy atom. The summed E-state index contributed by atoms with van der Waals surface area (Å²) in [6.45, 7) is 1.91. The van der Waals surface area contributed by atoms with Crippen molar-refractivity contribution in [2.75, 3.05) is 26.9 Å². The van der Waals surface area contributed by atoms with Crippen LogP contribution in [0.15, 0.2) is 54.7 Å². The Hall–Kier alpha value is -3.85. The van der Waals surface area contributed by atoms with Crippen LogP contribution >= 0.6 is 0 Å². The summed E-state index contributed by atoms with van der Waals surface area (Å²) in [4.78, 5) is 38.0. The molecule has 2 amide bonds. The molecule has 0 fully saturated rings. The minimum atomic E-state index is -1.04. The minimum absolute atomic E-state index is 0.296. The molecule has 0 saturated carbocycles. The van der Waals surface area contributed by atoms with E-state index in [2.05, 4.69) is 15.2 Å². The smallest absolute Gasteiger partial charge is 0.304 e. The van der Waals surface area contributed by atoms with Crippen LogP contribution in [0.4, 0.5) is 0 Å². The van der Waals surface area contributed by atoms with Crippen molar-refractivity contribution in [3.05, 3.63) is 65.9 Å². The van der Waals surface area contributed by atoms with Crippen molar-refractivity contribution in [1.82, 2.24) is 15.2 Å². The van der Waals surface area contributed by atoms with Crippen molar-refractivity contribution >= 4 is 28.7 Å². The summed E-state index contributed by atoms with van der Waals surface area (Å²) in [6, 6.07) is 14.8. The van der Waals surface area contributed by atoms with Crippen LogP contribution in [0.25, 0.3) is 10.9 Å². The lowest BCUT2D eigenvalue weighted by Gasteiger charge is -2.22. The summed E-state index contributed by atoms with van der Waals surface area (Å²) in [5.74, 6) is -1.76. The number of aromatic nitrogens is 1. The fourth-order valence-electron chi connectivity index (χ4n) is 4.91. The quantitative estimate of drug-likeness (QED) is 0.398. The molecule has 1 aliphatic heterocycles. The number of aryl methyl sites for hydroxylation is 1. The molecule has 9 heteroatoms. The first kappa shape index (κ1) is 27.2. The van der Waals surface area contributed by atoms with E-state index in [1.165, 1.54) is 0 Å². The number of aliphatic carboxylic acids is 1. The van der Waals surface area contributed by atoms with Gasteiger partial charge < -0.3 is 29.8 Å². The molecular formula is C29H35N3O6. The predicted molar refractivity (Wildman–Crippen MR) is 143 cm³/mol. The molecule has 1 aromatic heterocycles. The van der Waals surface area contributed by atoms with E-state index >= 15 is 0 Å². The van der Waals surface area contributed by atoms with Gasteiger partial charge in [0, 0.05) is 42.5 Å². The van der Waals surface area contributed by atoms with Crippen LogP contribution in [0.2, 0.25) is 0 Å². The van der Waals surface area contributed by atoms with E-state index in [1.54, 1.807) is 7.11 Å². The van der Waals surface area contributed by atoms with Gasteiger partial charge in [-0.05, 0) is 48.6 Å². The van der Waals surface area contributed by atoms with Gasteiger partial charge in [0.25, 0.3) is 0 Å². The maximum atomic E-state index is 13.3. The largest absolute Gasteiger partial charge is 0.497 e. The van der Waals surface area contributed by atoms with Gasteiger partial charge in [-0.25, -0.2) is 0 Å². The van der Waals surface area contributed by atoms with Crippen molar-refractivity contribution in [2.45, 2.75) is 44.7 Å². The Balaban J connectivity index is 1.48. The summed E-state index contributed by atoms with van der Waals surface area (Å²) in [5, 5.41) is 16.2. The predicted octanol–water partition coefficient (Wildman–Crippen LogP) is 2.94. The lowest BCUT2D eigenvalue weighted by Crippen LogP contribution is -2.50. The molecule has 9 nitrogen and oxygen atoms in total. The Morgan fingerprint density at radius 3 is 2.74 bits per heavy atom. The normalized spacial score (nSPS) is 17.1. The van der Waals surface area contributed by atoms with Crippen molar-refractivity contribution in [3.8, 4) is 5.75 Å². The fourth-order valence-corrected chi connectivity index (χ4v) is 4.91. The Kier molecular flexibility index (Phi) is 9.37. The van der Waals surface area contributed by atoms with Crippen molar-refractivity contribution in [1.29, 1.82) is 0 Å². The van der Waals surface area contributed by atoms with Crippen LogP contribution in [-0.4, -0.2) is 60.4 Å².